The number of halogens is 3. The number of alkyl halides is 3. The van der Waals surface area contributed by atoms with E-state index in [2.05, 4.69) is 4.98 Å². The average molecular weight is 299 g/mol. The van der Waals surface area contributed by atoms with Crippen molar-refractivity contribution in [3.8, 4) is 5.75 Å². The Morgan fingerprint density at radius 1 is 1.33 bits per heavy atom. The van der Waals surface area contributed by atoms with Crippen LogP contribution in [0.25, 0.3) is 10.9 Å². The lowest BCUT2D eigenvalue weighted by atomic mass is 10.00. The van der Waals surface area contributed by atoms with Crippen molar-refractivity contribution in [3.05, 3.63) is 35.0 Å². The van der Waals surface area contributed by atoms with Gasteiger partial charge >= 0.3 is 6.18 Å². The summed E-state index contributed by atoms with van der Waals surface area (Å²) in [4.78, 5) is 15.3. The van der Waals surface area contributed by atoms with Gasteiger partial charge in [0.25, 0.3) is 0 Å². The summed E-state index contributed by atoms with van der Waals surface area (Å²) in [7, 11) is 0. The van der Waals surface area contributed by atoms with Crippen molar-refractivity contribution >= 4 is 16.7 Å². The number of aliphatic hydroxyl groups is 1. The number of nitrogens with zero attached hydrogens (tertiary/aromatic N) is 1. The number of aryl methyl sites for hydroxylation is 1. The molecule has 2 aromatic rings. The van der Waals surface area contributed by atoms with Gasteiger partial charge < -0.3 is 10.2 Å². The summed E-state index contributed by atoms with van der Waals surface area (Å²) >= 11 is 0. The van der Waals surface area contributed by atoms with Crippen LogP contribution >= 0.6 is 0 Å². The van der Waals surface area contributed by atoms with E-state index in [1.807, 2.05) is 0 Å². The Balaban J connectivity index is 2.84. The Bertz CT molecular complexity index is 725. The SMILES string of the molecule is CC(=O)c1c(O)c(C(O)C(F)(F)F)nc2ccc(C)cc12. The van der Waals surface area contributed by atoms with Crippen molar-refractivity contribution in [2.45, 2.75) is 26.1 Å². The number of aromatic nitrogens is 1. The van der Waals surface area contributed by atoms with Gasteiger partial charge in [-0.25, -0.2) is 4.98 Å². The fourth-order valence-corrected chi connectivity index (χ4v) is 2.09. The number of hydrogen-bond acceptors (Lipinski definition) is 4. The van der Waals surface area contributed by atoms with Crippen LogP contribution in [0, 0.1) is 6.92 Å². The highest BCUT2D eigenvalue weighted by Gasteiger charge is 2.42. The van der Waals surface area contributed by atoms with Gasteiger partial charge in [0.2, 0.25) is 0 Å². The molecule has 0 bridgehead atoms. The zero-order valence-corrected chi connectivity index (χ0v) is 11.2. The van der Waals surface area contributed by atoms with Crippen molar-refractivity contribution in [1.82, 2.24) is 4.98 Å². The molecule has 0 aliphatic carbocycles. The summed E-state index contributed by atoms with van der Waals surface area (Å²) < 4.78 is 37.9. The van der Waals surface area contributed by atoms with E-state index in [9.17, 15) is 28.2 Å². The largest absolute Gasteiger partial charge is 0.505 e. The second kappa shape index (κ2) is 5.00. The van der Waals surface area contributed by atoms with Gasteiger partial charge in [-0.05, 0) is 26.0 Å². The van der Waals surface area contributed by atoms with Gasteiger partial charge in [-0.3, -0.25) is 4.79 Å². The first kappa shape index (κ1) is 15.2. The molecule has 0 fully saturated rings. The highest BCUT2D eigenvalue weighted by Crippen LogP contribution is 2.39. The molecule has 2 rings (SSSR count). The van der Waals surface area contributed by atoms with E-state index in [1.165, 1.54) is 6.07 Å². The minimum atomic E-state index is -4.99. The molecule has 0 saturated heterocycles. The summed E-state index contributed by atoms with van der Waals surface area (Å²) in [5, 5.41) is 19.5. The Morgan fingerprint density at radius 3 is 2.48 bits per heavy atom. The number of carbonyl (C=O) groups is 1. The molecule has 4 nitrogen and oxygen atoms in total. The lowest BCUT2D eigenvalue weighted by molar-refractivity contribution is -0.208. The highest BCUT2D eigenvalue weighted by molar-refractivity contribution is 6.08. The first-order valence-electron chi connectivity index (χ1n) is 6.02. The highest BCUT2D eigenvalue weighted by atomic mass is 19.4. The molecule has 1 aromatic carbocycles. The zero-order valence-electron chi connectivity index (χ0n) is 11.2. The molecule has 0 radical (unpaired) electrons. The van der Waals surface area contributed by atoms with Crippen LogP contribution in [-0.2, 0) is 0 Å². The molecule has 112 valence electrons. The minimum Gasteiger partial charge on any atom is -0.505 e. The fourth-order valence-electron chi connectivity index (χ4n) is 2.09. The fraction of sp³-hybridized carbons (Fsp3) is 0.286. The van der Waals surface area contributed by atoms with Gasteiger partial charge in [0.05, 0.1) is 11.1 Å². The third-order valence-corrected chi connectivity index (χ3v) is 3.06. The summed E-state index contributed by atoms with van der Waals surface area (Å²) in [5.41, 5.74) is -0.386. The zero-order chi connectivity index (χ0) is 15.9. The normalized spacial score (nSPS) is 13.4. The Labute approximate surface area is 117 Å². The van der Waals surface area contributed by atoms with E-state index in [1.54, 1.807) is 19.1 Å². The lowest BCUT2D eigenvalue weighted by Gasteiger charge is -2.18. The average Bonchev–Trinajstić information content (AvgIpc) is 2.35. The van der Waals surface area contributed by atoms with Crippen molar-refractivity contribution < 1.29 is 28.2 Å². The smallest absolute Gasteiger partial charge is 0.420 e. The lowest BCUT2D eigenvalue weighted by Crippen LogP contribution is -2.22. The van der Waals surface area contributed by atoms with Crippen LogP contribution in [0.2, 0.25) is 0 Å². The minimum absolute atomic E-state index is 0.0990. The van der Waals surface area contributed by atoms with Crippen molar-refractivity contribution in [3.63, 3.8) is 0 Å². The number of hydrogen-bond donors (Lipinski definition) is 2. The standard InChI is InChI=1S/C14H12F3NO3/c1-6-3-4-9-8(5-6)10(7(2)19)12(20)11(18-9)13(21)14(15,16)17/h3-5,13,20-21H,1-2H3. The predicted octanol–water partition coefficient (Wildman–Crippen LogP) is 3.05. The number of Topliss-reactive ketones (excluding diaryl/α,β-unsaturated/α-hetero) is 1. The van der Waals surface area contributed by atoms with Crippen LogP contribution in [0.5, 0.6) is 5.75 Å². The maximum atomic E-state index is 12.6. The summed E-state index contributed by atoms with van der Waals surface area (Å²) in [6.07, 6.45) is -7.95. The number of fused-ring (bicyclic) bond motifs is 1. The maximum Gasteiger partial charge on any atom is 0.420 e. The van der Waals surface area contributed by atoms with Gasteiger partial charge in [0.1, 0.15) is 5.69 Å². The maximum absolute atomic E-state index is 12.6. The van der Waals surface area contributed by atoms with Gasteiger partial charge in [0.15, 0.2) is 17.6 Å². The number of pyridine rings is 1. The van der Waals surface area contributed by atoms with Gasteiger partial charge in [0, 0.05) is 5.39 Å². The molecular weight excluding hydrogens is 287 g/mol. The van der Waals surface area contributed by atoms with Crippen molar-refractivity contribution in [2.75, 3.05) is 0 Å². The third kappa shape index (κ3) is 2.69. The first-order chi connectivity index (χ1) is 9.62. The third-order valence-electron chi connectivity index (χ3n) is 3.06. The van der Waals surface area contributed by atoms with E-state index >= 15 is 0 Å². The van der Waals surface area contributed by atoms with Gasteiger partial charge in [-0.15, -0.1) is 0 Å². The topological polar surface area (TPSA) is 70.4 Å². The number of rotatable bonds is 2. The Hall–Kier alpha value is -2.15. The summed E-state index contributed by atoms with van der Waals surface area (Å²) in [6, 6.07) is 4.59. The molecular formula is C14H12F3NO3. The van der Waals surface area contributed by atoms with Crippen molar-refractivity contribution in [2.24, 2.45) is 0 Å². The molecule has 0 aliphatic heterocycles. The van der Waals surface area contributed by atoms with Crippen LogP contribution in [-0.4, -0.2) is 27.2 Å². The van der Waals surface area contributed by atoms with E-state index in [0.29, 0.717) is 0 Å². The van der Waals surface area contributed by atoms with E-state index in [0.717, 1.165) is 12.5 Å². The van der Waals surface area contributed by atoms with Crippen LogP contribution in [0.1, 0.15) is 34.6 Å². The van der Waals surface area contributed by atoms with Crippen LogP contribution < -0.4 is 0 Å². The molecule has 1 heterocycles. The second-order valence-corrected chi connectivity index (χ2v) is 4.74. The number of aromatic hydroxyl groups is 1. The molecule has 1 unspecified atom stereocenters. The molecule has 1 atom stereocenters. The number of aliphatic hydroxyl groups excluding tert-OH is 1. The molecule has 0 saturated carbocycles. The molecule has 0 aliphatic rings. The quantitative estimate of drug-likeness (QED) is 0.836. The predicted molar refractivity (Wildman–Crippen MR) is 69.2 cm³/mol. The Morgan fingerprint density at radius 2 is 1.95 bits per heavy atom. The van der Waals surface area contributed by atoms with Crippen LogP contribution in [0.3, 0.4) is 0 Å². The summed E-state index contributed by atoms with van der Waals surface area (Å²) in [5.74, 6) is -1.55. The molecule has 2 N–H and O–H groups in total. The van der Waals surface area contributed by atoms with E-state index in [-0.39, 0.29) is 16.5 Å². The Kier molecular flexibility index (Phi) is 3.63. The van der Waals surface area contributed by atoms with Gasteiger partial charge in [-0.1, -0.05) is 11.6 Å². The molecule has 21 heavy (non-hydrogen) atoms. The summed E-state index contributed by atoms with van der Waals surface area (Å²) in [6.45, 7) is 2.86. The van der Waals surface area contributed by atoms with Crippen molar-refractivity contribution in [1.29, 1.82) is 0 Å². The van der Waals surface area contributed by atoms with E-state index < -0.39 is 29.5 Å². The molecule has 0 spiro atoms. The van der Waals surface area contributed by atoms with Crippen LogP contribution in [0.4, 0.5) is 13.2 Å². The number of benzene rings is 1. The molecule has 7 heteroatoms. The van der Waals surface area contributed by atoms with Gasteiger partial charge in [-0.2, -0.15) is 13.2 Å². The molecule has 1 aromatic heterocycles. The monoisotopic (exact) mass is 299 g/mol. The van der Waals surface area contributed by atoms with E-state index in [4.69, 9.17) is 0 Å². The number of ketones is 1. The first-order valence-corrected chi connectivity index (χ1v) is 6.02. The van der Waals surface area contributed by atoms with Crippen LogP contribution in [0.15, 0.2) is 18.2 Å². The number of carbonyl (C=O) groups excluding carboxylic acids is 1. The second-order valence-electron chi connectivity index (χ2n) is 4.74. The molecule has 0 amide bonds.